The molecule has 2 aromatic rings. The minimum atomic E-state index is -1.61. The van der Waals surface area contributed by atoms with Crippen molar-refractivity contribution in [2.45, 2.75) is 6.42 Å². The molecule has 0 saturated carbocycles. The van der Waals surface area contributed by atoms with Crippen LogP contribution in [0.15, 0.2) is 40.9 Å². The zero-order valence-corrected chi connectivity index (χ0v) is 12.9. The van der Waals surface area contributed by atoms with Gasteiger partial charge in [0.2, 0.25) is 5.91 Å². The molecule has 0 aliphatic carbocycles. The fourth-order valence-corrected chi connectivity index (χ4v) is 2.18. The van der Waals surface area contributed by atoms with Crippen molar-refractivity contribution < 1.29 is 18.0 Å². The Bertz CT molecular complexity index is 694. The lowest BCUT2D eigenvalue weighted by molar-refractivity contribution is -0.116. The Morgan fingerprint density at radius 2 is 1.73 bits per heavy atom. The number of nitrogens with one attached hydrogen (secondary N) is 2. The normalized spacial score (nSPS) is 10.4. The maximum Gasteiger partial charge on any atom is 0.226 e. The Labute approximate surface area is 133 Å². The van der Waals surface area contributed by atoms with Gasteiger partial charge in [-0.25, -0.2) is 13.2 Å². The van der Waals surface area contributed by atoms with Crippen molar-refractivity contribution in [3.63, 3.8) is 0 Å². The Balaban J connectivity index is 1.89. The summed E-state index contributed by atoms with van der Waals surface area (Å²) in [6.07, 6.45) is 0.0414. The van der Waals surface area contributed by atoms with Gasteiger partial charge in [0, 0.05) is 23.1 Å². The molecule has 0 fully saturated rings. The van der Waals surface area contributed by atoms with Gasteiger partial charge in [-0.15, -0.1) is 0 Å². The summed E-state index contributed by atoms with van der Waals surface area (Å²) in [4.78, 5) is 11.7. The molecule has 0 heterocycles. The summed E-state index contributed by atoms with van der Waals surface area (Å²) in [6.45, 7) is 0.305. The van der Waals surface area contributed by atoms with Crippen LogP contribution < -0.4 is 10.6 Å². The lowest BCUT2D eigenvalue weighted by Gasteiger charge is -2.09. The molecule has 0 atom stereocenters. The quantitative estimate of drug-likeness (QED) is 0.768. The summed E-state index contributed by atoms with van der Waals surface area (Å²) in [7, 11) is 0. The number of hydrogen-bond donors (Lipinski definition) is 2. The van der Waals surface area contributed by atoms with Gasteiger partial charge in [0.15, 0.2) is 17.5 Å². The number of anilines is 2. The van der Waals surface area contributed by atoms with E-state index in [0.717, 1.165) is 22.3 Å². The highest BCUT2D eigenvalue weighted by molar-refractivity contribution is 9.10. The van der Waals surface area contributed by atoms with Gasteiger partial charge in [-0.1, -0.05) is 12.1 Å². The van der Waals surface area contributed by atoms with Gasteiger partial charge in [-0.3, -0.25) is 4.79 Å². The number of rotatable bonds is 5. The lowest BCUT2D eigenvalue weighted by atomic mass is 10.2. The van der Waals surface area contributed by atoms with Crippen molar-refractivity contribution in [3.8, 4) is 0 Å². The average molecular weight is 373 g/mol. The second-order valence-electron chi connectivity index (χ2n) is 4.43. The molecular weight excluding hydrogens is 361 g/mol. The van der Waals surface area contributed by atoms with E-state index in [-0.39, 0.29) is 12.1 Å². The predicted molar refractivity (Wildman–Crippen MR) is 82.2 cm³/mol. The maximum atomic E-state index is 13.4. The largest absolute Gasteiger partial charge is 0.384 e. The molecule has 0 bridgehead atoms. The van der Waals surface area contributed by atoms with Crippen LogP contribution in [-0.2, 0) is 4.79 Å². The van der Waals surface area contributed by atoms with Gasteiger partial charge >= 0.3 is 0 Å². The van der Waals surface area contributed by atoms with E-state index in [1.165, 1.54) is 0 Å². The first-order valence-electron chi connectivity index (χ1n) is 6.41. The molecule has 0 aromatic heterocycles. The molecule has 0 aliphatic rings. The SMILES string of the molecule is O=C(CCNc1ccccc1Br)Nc1ccc(F)c(F)c1F. The van der Waals surface area contributed by atoms with Crippen LogP contribution in [0.1, 0.15) is 6.42 Å². The monoisotopic (exact) mass is 372 g/mol. The molecule has 3 nitrogen and oxygen atoms in total. The van der Waals surface area contributed by atoms with E-state index in [2.05, 4.69) is 26.6 Å². The standard InChI is InChI=1S/C15H12BrF3N2O/c16-9-3-1-2-4-11(9)20-8-7-13(22)21-12-6-5-10(17)14(18)15(12)19/h1-6,20H,7-8H2,(H,21,22). The van der Waals surface area contributed by atoms with Crippen LogP contribution in [-0.4, -0.2) is 12.5 Å². The van der Waals surface area contributed by atoms with E-state index < -0.39 is 23.4 Å². The number of hydrogen-bond acceptors (Lipinski definition) is 2. The first-order chi connectivity index (χ1) is 10.5. The second kappa shape index (κ2) is 7.31. The third kappa shape index (κ3) is 4.00. The van der Waals surface area contributed by atoms with Crippen LogP contribution in [0.25, 0.3) is 0 Å². The van der Waals surface area contributed by atoms with E-state index in [9.17, 15) is 18.0 Å². The van der Waals surface area contributed by atoms with Crippen molar-refractivity contribution in [2.24, 2.45) is 0 Å². The summed E-state index contributed by atoms with van der Waals surface area (Å²) in [5.41, 5.74) is 0.430. The van der Waals surface area contributed by atoms with Crippen molar-refractivity contribution in [1.82, 2.24) is 0 Å². The van der Waals surface area contributed by atoms with E-state index in [0.29, 0.717) is 6.54 Å². The molecule has 0 saturated heterocycles. The van der Waals surface area contributed by atoms with Crippen LogP contribution in [0.3, 0.4) is 0 Å². The zero-order chi connectivity index (χ0) is 16.1. The molecule has 7 heteroatoms. The number of carbonyl (C=O) groups excluding carboxylic acids is 1. The minimum Gasteiger partial charge on any atom is -0.384 e. The summed E-state index contributed by atoms with van der Waals surface area (Å²) in [5, 5.41) is 5.24. The van der Waals surface area contributed by atoms with Crippen molar-refractivity contribution >= 4 is 33.2 Å². The topological polar surface area (TPSA) is 41.1 Å². The third-order valence-corrected chi connectivity index (χ3v) is 3.54. The molecule has 0 unspecified atom stereocenters. The number of benzene rings is 2. The molecule has 1 amide bonds. The van der Waals surface area contributed by atoms with Crippen LogP contribution in [0, 0.1) is 17.5 Å². The summed E-state index contributed by atoms with van der Waals surface area (Å²) in [6, 6.07) is 9.11. The average Bonchev–Trinajstić information content (AvgIpc) is 2.50. The molecular formula is C15H12BrF3N2O. The molecule has 116 valence electrons. The van der Waals surface area contributed by atoms with Gasteiger partial charge in [0.25, 0.3) is 0 Å². The molecule has 2 N–H and O–H groups in total. The molecule has 2 rings (SSSR count). The van der Waals surface area contributed by atoms with Gasteiger partial charge in [0.05, 0.1) is 5.69 Å². The Morgan fingerprint density at radius 3 is 2.45 bits per heavy atom. The molecule has 0 radical (unpaired) electrons. The summed E-state index contributed by atoms with van der Waals surface area (Å²) >= 11 is 3.35. The molecule has 2 aromatic carbocycles. The van der Waals surface area contributed by atoms with Gasteiger partial charge in [-0.2, -0.15) is 0 Å². The molecule has 0 spiro atoms. The Morgan fingerprint density at radius 1 is 1.00 bits per heavy atom. The van der Waals surface area contributed by atoms with Gasteiger partial charge < -0.3 is 10.6 Å². The third-order valence-electron chi connectivity index (χ3n) is 2.85. The first-order valence-corrected chi connectivity index (χ1v) is 7.20. The van der Waals surface area contributed by atoms with Crippen molar-refractivity contribution in [3.05, 3.63) is 58.3 Å². The van der Waals surface area contributed by atoms with Crippen LogP contribution >= 0.6 is 15.9 Å². The highest BCUT2D eigenvalue weighted by Crippen LogP contribution is 2.21. The predicted octanol–water partition coefficient (Wildman–Crippen LogP) is 4.31. The van der Waals surface area contributed by atoms with Gasteiger partial charge in [-0.05, 0) is 40.2 Å². The molecule has 22 heavy (non-hydrogen) atoms. The fraction of sp³-hybridized carbons (Fsp3) is 0.133. The van der Waals surface area contributed by atoms with E-state index >= 15 is 0 Å². The van der Waals surface area contributed by atoms with E-state index in [4.69, 9.17) is 0 Å². The van der Waals surface area contributed by atoms with E-state index in [1.807, 2.05) is 24.3 Å². The smallest absolute Gasteiger partial charge is 0.226 e. The summed E-state index contributed by atoms with van der Waals surface area (Å²) < 4.78 is 40.1. The van der Waals surface area contributed by atoms with Crippen LogP contribution in [0.5, 0.6) is 0 Å². The number of halogens is 4. The van der Waals surface area contributed by atoms with E-state index in [1.54, 1.807) is 0 Å². The van der Waals surface area contributed by atoms with Gasteiger partial charge in [0.1, 0.15) is 0 Å². The summed E-state index contributed by atoms with van der Waals surface area (Å²) in [5.74, 6) is -4.83. The Kier molecular flexibility index (Phi) is 5.43. The maximum absolute atomic E-state index is 13.4. The highest BCUT2D eigenvalue weighted by atomic mass is 79.9. The van der Waals surface area contributed by atoms with Crippen molar-refractivity contribution in [2.75, 3.05) is 17.2 Å². The second-order valence-corrected chi connectivity index (χ2v) is 5.28. The van der Waals surface area contributed by atoms with Crippen LogP contribution in [0.2, 0.25) is 0 Å². The lowest BCUT2D eigenvalue weighted by Crippen LogP contribution is -2.17. The number of amides is 1. The fourth-order valence-electron chi connectivity index (χ4n) is 1.75. The molecule has 0 aliphatic heterocycles. The minimum absolute atomic E-state index is 0.0414. The zero-order valence-electron chi connectivity index (χ0n) is 11.3. The number of carbonyl (C=O) groups is 1. The first kappa shape index (κ1) is 16.4. The number of para-hydroxylation sites is 1. The van der Waals surface area contributed by atoms with Crippen molar-refractivity contribution in [1.29, 1.82) is 0 Å². The van der Waals surface area contributed by atoms with Crippen LogP contribution in [0.4, 0.5) is 24.5 Å². The Hall–Kier alpha value is -2.02. The highest BCUT2D eigenvalue weighted by Gasteiger charge is 2.15.